The maximum Gasteiger partial charge on any atom is 0.304 e. The maximum atomic E-state index is 10.9. The first-order chi connectivity index (χ1) is 14.1. The molecule has 6 heteroatoms. The molecule has 1 aromatic carbocycles. The molecule has 3 fully saturated rings. The van der Waals surface area contributed by atoms with Crippen LogP contribution in [0.25, 0.3) is 0 Å². The van der Waals surface area contributed by atoms with Gasteiger partial charge in [0.2, 0.25) is 0 Å². The predicted molar refractivity (Wildman–Crippen MR) is 111 cm³/mol. The van der Waals surface area contributed by atoms with Crippen molar-refractivity contribution in [3.63, 3.8) is 0 Å². The van der Waals surface area contributed by atoms with Gasteiger partial charge < -0.3 is 24.8 Å². The van der Waals surface area contributed by atoms with Crippen molar-refractivity contribution in [3.05, 3.63) is 29.8 Å². The van der Waals surface area contributed by atoms with Crippen LogP contribution in [0.3, 0.4) is 0 Å². The van der Waals surface area contributed by atoms with E-state index in [2.05, 4.69) is 28.4 Å². The smallest absolute Gasteiger partial charge is 0.304 e. The fraction of sp³-hybridized carbons (Fsp3) is 0.696. The number of carboxylic acid groups (broad SMARTS) is 1. The van der Waals surface area contributed by atoms with Crippen LogP contribution in [0.5, 0.6) is 5.75 Å². The zero-order valence-electron chi connectivity index (χ0n) is 17.3. The van der Waals surface area contributed by atoms with E-state index < -0.39 is 5.97 Å². The lowest BCUT2D eigenvalue weighted by atomic mass is 9.73. The van der Waals surface area contributed by atoms with E-state index in [4.69, 9.17) is 14.6 Å². The Morgan fingerprint density at radius 1 is 1.28 bits per heavy atom. The lowest BCUT2D eigenvalue weighted by Crippen LogP contribution is -2.47. The van der Waals surface area contributed by atoms with E-state index in [0.29, 0.717) is 19.2 Å². The molecule has 0 amide bonds. The molecular weight excluding hydrogens is 368 g/mol. The number of carbonyl (C=O) groups is 1. The highest BCUT2D eigenvalue weighted by Crippen LogP contribution is 2.36. The summed E-state index contributed by atoms with van der Waals surface area (Å²) in [6.07, 6.45) is 7.22. The highest BCUT2D eigenvalue weighted by atomic mass is 16.5. The van der Waals surface area contributed by atoms with E-state index in [1.54, 1.807) is 0 Å². The lowest BCUT2D eigenvalue weighted by Gasteiger charge is -2.42. The third-order valence-electron chi connectivity index (χ3n) is 6.57. The first-order valence-electron chi connectivity index (χ1n) is 11.1. The molecule has 1 atom stereocenters. The SMILES string of the molecule is O=C(O)CCN1CCC(CNC2CC2)(Cc2cccc(OC3CCOC3)c2)CC1. The van der Waals surface area contributed by atoms with Crippen molar-refractivity contribution in [2.24, 2.45) is 5.41 Å². The van der Waals surface area contributed by atoms with Gasteiger partial charge >= 0.3 is 5.97 Å². The van der Waals surface area contributed by atoms with E-state index in [1.165, 1.54) is 18.4 Å². The minimum Gasteiger partial charge on any atom is -0.488 e. The molecule has 2 N–H and O–H groups in total. The zero-order valence-corrected chi connectivity index (χ0v) is 17.3. The molecular formula is C23H34N2O4. The topological polar surface area (TPSA) is 71.0 Å². The molecule has 2 heterocycles. The molecule has 1 saturated carbocycles. The quantitative estimate of drug-likeness (QED) is 0.627. The number of benzene rings is 1. The second kappa shape index (κ2) is 9.45. The minimum absolute atomic E-state index is 0.174. The zero-order chi connectivity index (χ0) is 20.1. The minimum atomic E-state index is -0.707. The molecule has 0 aromatic heterocycles. The van der Waals surface area contributed by atoms with Gasteiger partial charge in [-0.15, -0.1) is 0 Å². The summed E-state index contributed by atoms with van der Waals surface area (Å²) in [6, 6.07) is 9.27. The second-order valence-electron chi connectivity index (χ2n) is 9.07. The van der Waals surface area contributed by atoms with E-state index in [0.717, 1.165) is 57.7 Å². The summed E-state index contributed by atoms with van der Waals surface area (Å²) in [4.78, 5) is 13.2. The first kappa shape index (κ1) is 20.6. The summed E-state index contributed by atoms with van der Waals surface area (Å²) in [6.45, 7) is 5.15. The molecule has 1 aliphatic carbocycles. The van der Waals surface area contributed by atoms with Crippen molar-refractivity contribution in [2.75, 3.05) is 39.4 Å². The number of carboxylic acids is 1. The van der Waals surface area contributed by atoms with Crippen LogP contribution in [-0.4, -0.2) is 67.5 Å². The van der Waals surface area contributed by atoms with Gasteiger partial charge in [0.15, 0.2) is 0 Å². The second-order valence-corrected chi connectivity index (χ2v) is 9.07. The van der Waals surface area contributed by atoms with Crippen LogP contribution in [-0.2, 0) is 16.0 Å². The number of aliphatic carboxylic acids is 1. The Hall–Kier alpha value is -1.63. The van der Waals surface area contributed by atoms with Crippen LogP contribution in [0.15, 0.2) is 24.3 Å². The summed E-state index contributed by atoms with van der Waals surface area (Å²) in [7, 11) is 0. The molecule has 0 bridgehead atoms. The van der Waals surface area contributed by atoms with E-state index in [1.807, 2.05) is 6.07 Å². The lowest BCUT2D eigenvalue weighted by molar-refractivity contribution is -0.137. The summed E-state index contributed by atoms with van der Waals surface area (Å²) in [5.74, 6) is 0.240. The predicted octanol–water partition coefficient (Wildman–Crippen LogP) is 2.71. The molecule has 0 radical (unpaired) electrons. The largest absolute Gasteiger partial charge is 0.488 e. The molecule has 160 valence electrons. The summed E-state index contributed by atoms with van der Waals surface area (Å²) in [5.41, 5.74) is 1.57. The van der Waals surface area contributed by atoms with Gasteiger partial charge in [0.25, 0.3) is 0 Å². The number of ether oxygens (including phenoxy) is 2. The molecule has 1 unspecified atom stereocenters. The molecule has 2 saturated heterocycles. The fourth-order valence-corrected chi connectivity index (χ4v) is 4.53. The molecule has 29 heavy (non-hydrogen) atoms. The van der Waals surface area contributed by atoms with Gasteiger partial charge in [-0.25, -0.2) is 0 Å². The Labute approximate surface area is 173 Å². The number of hydrogen-bond donors (Lipinski definition) is 2. The normalized spacial score (nSPS) is 24.5. The number of piperidine rings is 1. The Balaban J connectivity index is 1.38. The van der Waals surface area contributed by atoms with Crippen molar-refractivity contribution in [1.29, 1.82) is 0 Å². The Morgan fingerprint density at radius 3 is 2.79 bits per heavy atom. The van der Waals surface area contributed by atoms with Gasteiger partial charge in [0.05, 0.1) is 19.6 Å². The van der Waals surface area contributed by atoms with Crippen LogP contribution in [0.2, 0.25) is 0 Å². The van der Waals surface area contributed by atoms with Crippen LogP contribution >= 0.6 is 0 Å². The van der Waals surface area contributed by atoms with Gasteiger partial charge in [-0.3, -0.25) is 4.79 Å². The van der Waals surface area contributed by atoms with Gasteiger partial charge in [-0.2, -0.15) is 0 Å². The molecule has 4 rings (SSSR count). The van der Waals surface area contributed by atoms with Gasteiger partial charge in [-0.05, 0) is 68.3 Å². The third kappa shape index (κ3) is 6.17. The number of nitrogens with zero attached hydrogens (tertiary/aromatic N) is 1. The van der Waals surface area contributed by atoms with Crippen molar-refractivity contribution in [1.82, 2.24) is 10.2 Å². The molecule has 0 spiro atoms. The third-order valence-corrected chi connectivity index (χ3v) is 6.57. The van der Waals surface area contributed by atoms with Crippen LogP contribution in [0, 0.1) is 5.41 Å². The van der Waals surface area contributed by atoms with Gasteiger partial charge in [-0.1, -0.05) is 12.1 Å². The summed E-state index contributed by atoms with van der Waals surface area (Å²) >= 11 is 0. The van der Waals surface area contributed by atoms with E-state index in [9.17, 15) is 4.79 Å². The first-order valence-corrected chi connectivity index (χ1v) is 11.1. The number of likely N-dealkylation sites (tertiary alicyclic amines) is 1. The van der Waals surface area contributed by atoms with Crippen LogP contribution in [0.1, 0.15) is 44.1 Å². The number of nitrogens with one attached hydrogen (secondary N) is 1. The van der Waals surface area contributed by atoms with Gasteiger partial charge in [0.1, 0.15) is 11.9 Å². The highest BCUT2D eigenvalue weighted by molar-refractivity contribution is 5.66. The monoisotopic (exact) mass is 402 g/mol. The number of hydrogen-bond acceptors (Lipinski definition) is 5. The standard InChI is InChI=1S/C23H34N2O4/c26-22(27)6-10-25-11-8-23(9-12-25,17-24-19-4-5-19)15-18-2-1-3-20(14-18)29-21-7-13-28-16-21/h1-3,14,19,21,24H,4-13,15-17H2,(H,26,27). The summed E-state index contributed by atoms with van der Waals surface area (Å²) in [5, 5.41) is 12.7. The van der Waals surface area contributed by atoms with Crippen molar-refractivity contribution in [3.8, 4) is 5.75 Å². The van der Waals surface area contributed by atoms with Crippen LogP contribution < -0.4 is 10.1 Å². The van der Waals surface area contributed by atoms with E-state index >= 15 is 0 Å². The van der Waals surface area contributed by atoms with Crippen molar-refractivity contribution < 1.29 is 19.4 Å². The number of rotatable bonds is 10. The van der Waals surface area contributed by atoms with Crippen molar-refractivity contribution >= 4 is 5.97 Å². The van der Waals surface area contributed by atoms with E-state index in [-0.39, 0.29) is 17.9 Å². The molecule has 3 aliphatic rings. The summed E-state index contributed by atoms with van der Waals surface area (Å²) < 4.78 is 11.5. The highest BCUT2D eigenvalue weighted by Gasteiger charge is 2.36. The van der Waals surface area contributed by atoms with Crippen LogP contribution in [0.4, 0.5) is 0 Å². The van der Waals surface area contributed by atoms with Crippen molar-refractivity contribution in [2.45, 2.75) is 57.1 Å². The maximum absolute atomic E-state index is 10.9. The average Bonchev–Trinajstić information content (AvgIpc) is 3.41. The Bertz CT molecular complexity index is 677. The van der Waals surface area contributed by atoms with Gasteiger partial charge in [0, 0.05) is 25.6 Å². The Kier molecular flexibility index (Phi) is 6.73. The fourth-order valence-electron chi connectivity index (χ4n) is 4.53. The molecule has 2 aliphatic heterocycles. The average molecular weight is 403 g/mol. The molecule has 1 aromatic rings. The Morgan fingerprint density at radius 2 is 2.10 bits per heavy atom. The molecule has 6 nitrogen and oxygen atoms in total.